The Morgan fingerprint density at radius 1 is 1.35 bits per heavy atom. The summed E-state index contributed by atoms with van der Waals surface area (Å²) < 4.78 is 1.92. The van der Waals surface area contributed by atoms with Crippen LogP contribution < -0.4 is 0 Å². The zero-order valence-corrected chi connectivity index (χ0v) is 12.1. The summed E-state index contributed by atoms with van der Waals surface area (Å²) in [5.74, 6) is 0. The molecule has 2 aromatic rings. The van der Waals surface area contributed by atoms with Crippen LogP contribution in [0, 0.1) is 0 Å². The van der Waals surface area contributed by atoms with Crippen LogP contribution in [0.25, 0.3) is 0 Å². The van der Waals surface area contributed by atoms with Gasteiger partial charge in [-0.15, -0.1) is 5.10 Å². The third-order valence-electron chi connectivity index (χ3n) is 3.57. The molecule has 106 valence electrons. The maximum Gasteiger partial charge on any atom is 0.215 e. The number of aliphatic hydroxyl groups excluding tert-OH is 1. The van der Waals surface area contributed by atoms with E-state index in [1.807, 2.05) is 16.8 Å². The molecule has 0 aliphatic heterocycles. The maximum atomic E-state index is 9.48. The largest absolute Gasteiger partial charge is 0.389 e. The van der Waals surface area contributed by atoms with Crippen LogP contribution >= 0.6 is 11.8 Å². The summed E-state index contributed by atoms with van der Waals surface area (Å²) in [6, 6.07) is 4.19. The minimum Gasteiger partial charge on any atom is -0.389 e. The fourth-order valence-corrected chi connectivity index (χ4v) is 3.21. The quantitative estimate of drug-likeness (QED) is 0.932. The molecule has 0 unspecified atom stereocenters. The predicted octanol–water partition coefficient (Wildman–Crippen LogP) is 2.39. The molecule has 0 saturated heterocycles. The number of pyridine rings is 1. The number of hydrogen-bond acceptors (Lipinski definition) is 6. The highest BCUT2D eigenvalue weighted by Gasteiger charge is 2.22. The number of aliphatic hydroxyl groups is 1. The lowest BCUT2D eigenvalue weighted by Crippen LogP contribution is -2.08. The molecule has 7 heteroatoms. The summed E-state index contributed by atoms with van der Waals surface area (Å²) in [6.45, 7) is 1.73. The summed E-state index contributed by atoms with van der Waals surface area (Å²) in [5.41, 5.74) is 0.810. The van der Waals surface area contributed by atoms with Gasteiger partial charge in [0.1, 0.15) is 5.03 Å². The summed E-state index contributed by atoms with van der Waals surface area (Å²) in [7, 11) is 0. The van der Waals surface area contributed by atoms with Crippen LogP contribution in [0.5, 0.6) is 0 Å². The predicted molar refractivity (Wildman–Crippen MR) is 74.3 cm³/mol. The van der Waals surface area contributed by atoms with Crippen molar-refractivity contribution in [1.82, 2.24) is 25.2 Å². The monoisotopic (exact) mass is 291 g/mol. The average molecular weight is 291 g/mol. The zero-order valence-electron chi connectivity index (χ0n) is 11.3. The van der Waals surface area contributed by atoms with Gasteiger partial charge >= 0.3 is 0 Å². The van der Waals surface area contributed by atoms with Crippen molar-refractivity contribution in [3.63, 3.8) is 0 Å². The van der Waals surface area contributed by atoms with Gasteiger partial charge in [0.2, 0.25) is 5.16 Å². The lowest BCUT2D eigenvalue weighted by Gasteiger charge is -2.10. The molecule has 1 aliphatic carbocycles. The van der Waals surface area contributed by atoms with Gasteiger partial charge in [0.05, 0.1) is 12.1 Å². The van der Waals surface area contributed by atoms with E-state index in [1.54, 1.807) is 13.1 Å². The molecular formula is C13H17N5OS. The van der Waals surface area contributed by atoms with E-state index >= 15 is 0 Å². The Morgan fingerprint density at radius 2 is 2.15 bits per heavy atom. The topological polar surface area (TPSA) is 76.7 Å². The number of tetrazole rings is 1. The van der Waals surface area contributed by atoms with Gasteiger partial charge in [0.25, 0.3) is 0 Å². The number of hydrogen-bond donors (Lipinski definition) is 1. The van der Waals surface area contributed by atoms with Crippen LogP contribution in [0.3, 0.4) is 0 Å². The molecule has 1 fully saturated rings. The third kappa shape index (κ3) is 2.83. The summed E-state index contributed by atoms with van der Waals surface area (Å²) in [6.07, 6.45) is 5.98. The fraction of sp³-hybridized carbons (Fsp3) is 0.538. The van der Waals surface area contributed by atoms with E-state index in [4.69, 9.17) is 0 Å². The fourth-order valence-electron chi connectivity index (χ4n) is 2.42. The van der Waals surface area contributed by atoms with Crippen molar-refractivity contribution in [2.24, 2.45) is 0 Å². The molecular weight excluding hydrogens is 274 g/mol. The molecule has 3 rings (SSSR count). The van der Waals surface area contributed by atoms with Crippen LogP contribution in [0.2, 0.25) is 0 Å². The highest BCUT2D eigenvalue weighted by Crippen LogP contribution is 2.33. The average Bonchev–Trinajstić information content (AvgIpc) is 3.09. The Balaban J connectivity index is 1.76. The summed E-state index contributed by atoms with van der Waals surface area (Å²) in [5, 5.41) is 23.1. The van der Waals surface area contributed by atoms with E-state index in [2.05, 4.69) is 20.5 Å². The van der Waals surface area contributed by atoms with E-state index in [0.717, 1.165) is 28.6 Å². The highest BCUT2D eigenvalue weighted by molar-refractivity contribution is 7.99. The molecule has 0 bridgehead atoms. The summed E-state index contributed by atoms with van der Waals surface area (Å²) >= 11 is 1.46. The van der Waals surface area contributed by atoms with Crippen LogP contribution in [0.15, 0.2) is 28.5 Å². The van der Waals surface area contributed by atoms with E-state index in [-0.39, 0.29) is 0 Å². The van der Waals surface area contributed by atoms with Crippen LogP contribution in [0.4, 0.5) is 0 Å². The Hall–Kier alpha value is -1.47. The molecule has 0 radical (unpaired) electrons. The van der Waals surface area contributed by atoms with Crippen molar-refractivity contribution in [2.75, 3.05) is 0 Å². The van der Waals surface area contributed by atoms with Crippen LogP contribution in [0.1, 0.15) is 50.3 Å². The first-order valence-electron chi connectivity index (χ1n) is 6.84. The molecule has 20 heavy (non-hydrogen) atoms. The molecule has 0 spiro atoms. The van der Waals surface area contributed by atoms with E-state index in [0.29, 0.717) is 6.04 Å². The van der Waals surface area contributed by atoms with Crippen molar-refractivity contribution in [3.05, 3.63) is 23.9 Å². The molecule has 1 atom stereocenters. The molecule has 1 saturated carbocycles. The van der Waals surface area contributed by atoms with Crippen molar-refractivity contribution in [1.29, 1.82) is 0 Å². The first kappa shape index (κ1) is 13.5. The number of nitrogens with zero attached hydrogens (tertiary/aromatic N) is 5. The highest BCUT2D eigenvalue weighted by atomic mass is 32.2. The Labute approximate surface area is 121 Å². The first-order chi connectivity index (χ1) is 9.74. The minimum absolute atomic E-state index is 0.421. The van der Waals surface area contributed by atoms with Gasteiger partial charge in [-0.1, -0.05) is 18.9 Å². The van der Waals surface area contributed by atoms with E-state index in [1.165, 1.54) is 24.6 Å². The van der Waals surface area contributed by atoms with Crippen molar-refractivity contribution >= 4 is 11.8 Å². The van der Waals surface area contributed by atoms with Crippen LogP contribution in [-0.4, -0.2) is 30.3 Å². The van der Waals surface area contributed by atoms with Gasteiger partial charge < -0.3 is 5.11 Å². The van der Waals surface area contributed by atoms with Gasteiger partial charge in [-0.25, -0.2) is 9.67 Å². The third-order valence-corrected chi connectivity index (χ3v) is 4.47. The Kier molecular flexibility index (Phi) is 3.98. The number of aromatic nitrogens is 5. The second kappa shape index (κ2) is 5.88. The lowest BCUT2D eigenvalue weighted by atomic mass is 10.2. The molecule has 1 N–H and O–H groups in total. The molecule has 2 aromatic heterocycles. The lowest BCUT2D eigenvalue weighted by molar-refractivity contribution is 0.198. The zero-order chi connectivity index (χ0) is 13.9. The molecule has 2 heterocycles. The van der Waals surface area contributed by atoms with E-state index in [9.17, 15) is 5.11 Å². The standard InChI is InChI=1S/C13H17N5OS/c1-9(19)10-6-7-12(14-8-10)20-13-15-16-17-18(13)11-4-2-3-5-11/h6-9,11,19H,2-5H2,1H3/t9-/m1/s1. The van der Waals surface area contributed by atoms with Gasteiger partial charge in [-0.3, -0.25) is 0 Å². The van der Waals surface area contributed by atoms with Crippen molar-refractivity contribution in [3.8, 4) is 0 Å². The van der Waals surface area contributed by atoms with Gasteiger partial charge in [0.15, 0.2) is 0 Å². The Morgan fingerprint density at radius 3 is 2.80 bits per heavy atom. The maximum absolute atomic E-state index is 9.48. The van der Waals surface area contributed by atoms with Gasteiger partial charge in [-0.05, 0) is 53.6 Å². The van der Waals surface area contributed by atoms with Crippen LogP contribution in [-0.2, 0) is 0 Å². The molecule has 0 aromatic carbocycles. The smallest absolute Gasteiger partial charge is 0.215 e. The minimum atomic E-state index is -0.495. The van der Waals surface area contributed by atoms with Crippen molar-refractivity contribution < 1.29 is 5.11 Å². The summed E-state index contributed by atoms with van der Waals surface area (Å²) in [4.78, 5) is 4.34. The SMILES string of the molecule is C[C@@H](O)c1ccc(Sc2nnnn2C2CCCC2)nc1. The second-order valence-corrected chi connectivity index (χ2v) is 6.04. The van der Waals surface area contributed by atoms with Gasteiger partial charge in [0, 0.05) is 6.20 Å². The molecule has 0 amide bonds. The van der Waals surface area contributed by atoms with Gasteiger partial charge in [-0.2, -0.15) is 0 Å². The van der Waals surface area contributed by atoms with Crippen molar-refractivity contribution in [2.45, 2.75) is 54.9 Å². The van der Waals surface area contributed by atoms with E-state index < -0.39 is 6.10 Å². The normalized spacial score (nSPS) is 17.5. The second-order valence-electron chi connectivity index (χ2n) is 5.05. The number of rotatable bonds is 4. The first-order valence-corrected chi connectivity index (χ1v) is 7.65. The Bertz CT molecular complexity index is 562. The molecule has 6 nitrogen and oxygen atoms in total. The molecule has 1 aliphatic rings.